The van der Waals surface area contributed by atoms with E-state index in [0.29, 0.717) is 0 Å². The number of unbranched alkanes of at least 4 members (excludes halogenated alkanes) is 10. The molecule has 0 aliphatic rings. The van der Waals surface area contributed by atoms with E-state index in [2.05, 4.69) is 13.8 Å². The zero-order valence-electron chi connectivity index (χ0n) is 14.6. The smallest absolute Gasteiger partial charge is 0.303 e. The Labute approximate surface area is 139 Å². The van der Waals surface area contributed by atoms with Crippen LogP contribution in [0.5, 0.6) is 0 Å². The van der Waals surface area contributed by atoms with Gasteiger partial charge in [0.15, 0.2) is 0 Å². The minimum atomic E-state index is -4.64. The topological polar surface area (TPSA) is 77.8 Å². The van der Waals surface area contributed by atoms with Crippen LogP contribution in [0.3, 0.4) is 0 Å². The Morgan fingerprint density at radius 2 is 0.909 bits per heavy atom. The quantitative estimate of drug-likeness (QED) is 0.285. The number of hydrogen-bond donors (Lipinski definition) is 3. The number of rotatable bonds is 14. The molecule has 0 aliphatic heterocycles. The van der Waals surface area contributed by atoms with Crippen molar-refractivity contribution in [3.63, 3.8) is 0 Å². The highest BCUT2D eigenvalue weighted by Crippen LogP contribution is 2.25. The Hall–Kier alpha value is 0.540. The minimum Gasteiger partial charge on any atom is -0.303 e. The second-order valence-electron chi connectivity index (χ2n) is 5.80. The molecule has 4 nitrogen and oxygen atoms in total. The van der Waals surface area contributed by atoms with Crippen LogP contribution in [-0.4, -0.2) is 27.0 Å². The minimum absolute atomic E-state index is 1.26. The molecule has 0 amide bonds. The fourth-order valence-electron chi connectivity index (χ4n) is 2.19. The average molecular weight is 356 g/mol. The zero-order valence-corrected chi connectivity index (χ0v) is 16.5. The van der Waals surface area contributed by atoms with E-state index >= 15 is 0 Å². The summed E-state index contributed by atoms with van der Waals surface area (Å²) in [4.78, 5) is 21.6. The molecule has 0 fully saturated rings. The van der Waals surface area contributed by atoms with Gasteiger partial charge in [-0.25, -0.2) is 4.57 Å². The van der Waals surface area contributed by atoms with Gasteiger partial charge >= 0.3 is 7.82 Å². The zero-order chi connectivity index (χ0) is 17.1. The van der Waals surface area contributed by atoms with E-state index in [4.69, 9.17) is 19.2 Å². The third-order valence-electron chi connectivity index (χ3n) is 3.41. The van der Waals surface area contributed by atoms with Gasteiger partial charge in [0.2, 0.25) is 0 Å². The van der Waals surface area contributed by atoms with E-state index < -0.39 is 7.82 Å². The molecule has 136 valence electrons. The van der Waals surface area contributed by atoms with Crippen molar-refractivity contribution in [3.05, 3.63) is 0 Å². The lowest BCUT2D eigenvalue weighted by Crippen LogP contribution is -1.84. The van der Waals surface area contributed by atoms with Gasteiger partial charge in [0.05, 0.1) is 0 Å². The normalized spacial score (nSPS) is 11.1. The highest BCUT2D eigenvalue weighted by molar-refractivity contribution is 7.45. The second-order valence-corrected chi connectivity index (χ2v) is 8.33. The molecule has 0 heterocycles. The molecule has 0 saturated heterocycles. The van der Waals surface area contributed by atoms with Gasteiger partial charge in [-0.05, 0) is 25.2 Å². The molecule has 0 aromatic heterocycles. The maximum atomic E-state index is 8.88. The summed E-state index contributed by atoms with van der Waals surface area (Å²) >= 11 is 0. The van der Waals surface area contributed by atoms with Gasteiger partial charge < -0.3 is 14.7 Å². The summed E-state index contributed by atoms with van der Waals surface area (Å²) in [5, 5.41) is 0. The molecule has 0 spiro atoms. The lowest BCUT2D eigenvalue weighted by atomic mass is 10.1. The van der Waals surface area contributed by atoms with Crippen molar-refractivity contribution >= 4 is 16.4 Å². The van der Waals surface area contributed by atoms with E-state index in [1.165, 1.54) is 98.0 Å². The summed E-state index contributed by atoms with van der Waals surface area (Å²) in [6, 6.07) is 0. The van der Waals surface area contributed by atoms with Crippen LogP contribution in [0.25, 0.3) is 0 Å². The van der Waals surface area contributed by atoms with Crippen LogP contribution in [0.15, 0.2) is 0 Å². The van der Waals surface area contributed by atoms with Gasteiger partial charge in [0.1, 0.15) is 0 Å². The summed E-state index contributed by atoms with van der Waals surface area (Å²) in [6.45, 7) is 4.59. The van der Waals surface area contributed by atoms with Crippen LogP contribution in [0.4, 0.5) is 0 Å². The van der Waals surface area contributed by atoms with E-state index in [1.54, 1.807) is 0 Å². The van der Waals surface area contributed by atoms with Crippen molar-refractivity contribution in [1.29, 1.82) is 0 Å². The second kappa shape index (κ2) is 19.6. The summed E-state index contributed by atoms with van der Waals surface area (Å²) < 4.78 is 8.88. The molecule has 22 heavy (non-hydrogen) atoms. The Morgan fingerprint density at radius 1 is 0.636 bits per heavy atom. The summed E-state index contributed by atoms with van der Waals surface area (Å²) in [6.07, 6.45) is 20.5. The first kappa shape index (κ1) is 24.8. The third kappa shape index (κ3) is 37.1. The fraction of sp³-hybridized carbons (Fsp3) is 1.00. The number of phosphoric acid groups is 1. The highest BCUT2D eigenvalue weighted by atomic mass is 31.2. The molecule has 6 heteroatoms. The third-order valence-corrected chi connectivity index (χ3v) is 4.83. The maximum absolute atomic E-state index is 8.88. The molecular weight excluding hydrogens is 318 g/mol. The van der Waals surface area contributed by atoms with Gasteiger partial charge in [-0.15, -0.1) is 8.58 Å². The van der Waals surface area contributed by atoms with E-state index in [1.807, 2.05) is 0 Å². The molecule has 3 N–H and O–H groups in total. The molecule has 0 atom stereocenters. The molecule has 0 aromatic carbocycles. The van der Waals surface area contributed by atoms with Crippen LogP contribution >= 0.6 is 16.4 Å². The molecule has 0 aromatic rings. The molecular formula is C16H38O4P2. The van der Waals surface area contributed by atoms with Crippen LogP contribution in [0, 0.1) is 0 Å². The average Bonchev–Trinajstić information content (AvgIpc) is 2.42. The van der Waals surface area contributed by atoms with Crippen LogP contribution < -0.4 is 0 Å². The molecule has 0 saturated carbocycles. The predicted molar refractivity (Wildman–Crippen MR) is 99.1 cm³/mol. The van der Waals surface area contributed by atoms with Gasteiger partial charge in [0, 0.05) is 0 Å². The lowest BCUT2D eigenvalue weighted by molar-refractivity contribution is 0.275. The Morgan fingerprint density at radius 3 is 1.23 bits per heavy atom. The van der Waals surface area contributed by atoms with E-state index in [-0.39, 0.29) is 0 Å². The SMILES string of the molecule is CCCCCCCCPCCCCCCCC.O=P(O)(O)O. The molecule has 0 radical (unpaired) electrons. The first-order valence-corrected chi connectivity index (χ1v) is 11.9. The van der Waals surface area contributed by atoms with Crippen molar-refractivity contribution in [1.82, 2.24) is 0 Å². The van der Waals surface area contributed by atoms with Crippen molar-refractivity contribution < 1.29 is 19.2 Å². The molecule has 0 rings (SSSR count). The molecule has 0 bridgehead atoms. The fourth-order valence-corrected chi connectivity index (χ4v) is 3.44. The molecule has 0 aliphatic carbocycles. The van der Waals surface area contributed by atoms with Crippen LogP contribution in [0.2, 0.25) is 0 Å². The van der Waals surface area contributed by atoms with E-state index in [9.17, 15) is 0 Å². The molecule has 0 unspecified atom stereocenters. The predicted octanol–water partition coefficient (Wildman–Crippen LogP) is 5.46. The largest absolute Gasteiger partial charge is 0.466 e. The van der Waals surface area contributed by atoms with Crippen LogP contribution in [-0.2, 0) is 4.57 Å². The highest BCUT2D eigenvalue weighted by Gasteiger charge is 2.00. The van der Waals surface area contributed by atoms with Crippen molar-refractivity contribution in [2.75, 3.05) is 12.3 Å². The standard InChI is InChI=1S/C16H35P.H3O4P/c1-3-5-7-9-11-13-15-17-16-14-12-10-8-6-4-2;1-5(2,3)4/h17H,3-16H2,1-2H3;(H3,1,2,3,4). The Kier molecular flexibility index (Phi) is 22.1. The van der Waals surface area contributed by atoms with Crippen molar-refractivity contribution in [3.8, 4) is 0 Å². The lowest BCUT2D eigenvalue weighted by Gasteiger charge is -2.03. The maximum Gasteiger partial charge on any atom is 0.466 e. The Bertz CT molecular complexity index is 222. The van der Waals surface area contributed by atoms with Crippen LogP contribution in [0.1, 0.15) is 90.9 Å². The Balaban J connectivity index is 0. The van der Waals surface area contributed by atoms with E-state index in [0.717, 1.165) is 0 Å². The first-order valence-electron chi connectivity index (χ1n) is 8.90. The van der Waals surface area contributed by atoms with Gasteiger partial charge in [-0.2, -0.15) is 0 Å². The first-order chi connectivity index (χ1) is 10.4. The van der Waals surface area contributed by atoms with Gasteiger partial charge in [0.25, 0.3) is 0 Å². The summed E-state index contributed by atoms with van der Waals surface area (Å²) in [5.41, 5.74) is 0. The summed E-state index contributed by atoms with van der Waals surface area (Å²) in [7, 11) is -3.38. The van der Waals surface area contributed by atoms with Gasteiger partial charge in [-0.3, -0.25) is 0 Å². The van der Waals surface area contributed by atoms with Crippen molar-refractivity contribution in [2.45, 2.75) is 90.9 Å². The monoisotopic (exact) mass is 356 g/mol. The van der Waals surface area contributed by atoms with Gasteiger partial charge in [-0.1, -0.05) is 78.1 Å². The number of hydrogen-bond acceptors (Lipinski definition) is 1. The summed E-state index contributed by atoms with van der Waals surface area (Å²) in [5.74, 6) is 0. The van der Waals surface area contributed by atoms with Crippen molar-refractivity contribution in [2.24, 2.45) is 0 Å².